The number of methoxy groups -OCH3 is 2. The van der Waals surface area contributed by atoms with Crippen LogP contribution in [0.4, 0.5) is 0 Å². The van der Waals surface area contributed by atoms with Crippen molar-refractivity contribution in [2.75, 3.05) is 40.8 Å². The first-order chi connectivity index (χ1) is 22.7. The molecule has 3 heterocycles. The highest BCUT2D eigenvalue weighted by molar-refractivity contribution is 6.74. The van der Waals surface area contributed by atoms with Gasteiger partial charge in [0, 0.05) is 17.9 Å². The first-order valence-corrected chi connectivity index (χ1v) is 18.8. The van der Waals surface area contributed by atoms with E-state index in [4.69, 9.17) is 28.1 Å². The quantitative estimate of drug-likeness (QED) is 0.191. The summed E-state index contributed by atoms with van der Waals surface area (Å²) in [6, 6.07) is 6.77. The Bertz CT molecular complexity index is 1660. The zero-order valence-corrected chi connectivity index (χ0v) is 29.1. The normalized spacial score (nSPS) is 23.7. The maximum absolute atomic E-state index is 13.6. The molecule has 1 saturated heterocycles. The second-order valence-electron chi connectivity index (χ2n) is 14.0. The Labute approximate surface area is 279 Å². The van der Waals surface area contributed by atoms with Gasteiger partial charge in [-0.1, -0.05) is 20.8 Å². The lowest BCUT2D eigenvalue weighted by Crippen LogP contribution is -2.44. The van der Waals surface area contributed by atoms with Crippen LogP contribution in [0, 0.1) is 11.8 Å². The molecule has 5 atom stereocenters. The monoisotopic (exact) mass is 682 g/mol. The van der Waals surface area contributed by atoms with E-state index in [2.05, 4.69) is 39.2 Å². The van der Waals surface area contributed by atoms with Gasteiger partial charge in [-0.15, -0.1) is 0 Å². The maximum atomic E-state index is 13.6. The maximum Gasteiger partial charge on any atom is 0.310 e. The number of esters is 1. The molecule has 48 heavy (non-hydrogen) atoms. The van der Waals surface area contributed by atoms with Gasteiger partial charge < -0.3 is 43.6 Å². The molecule has 1 fully saturated rings. The highest BCUT2D eigenvalue weighted by atomic mass is 28.4. The number of nitrogens with zero attached hydrogens (tertiary/aromatic N) is 1. The summed E-state index contributed by atoms with van der Waals surface area (Å²) < 4.78 is 35.6. The molecule has 0 spiro atoms. The standard InChI is InChI=1S/C34H42N2O11Si/c1-34(2,3)48(6,7)47-31-25(42-4)8-17(9-26(31)43-5)28-19-10-23-24(46-16-45-23)11-20(19)30(21-15-44-33(41)29(21)28)35-22-12-27(39)36(32(22)40)13-18(38)14-37/h8-12,18,21,28-30,35,37-38H,13-16H2,1-7H3/t18?,21-,28+,29-,30+/m0/s1. The number of imide groups is 1. The topological polar surface area (TPSA) is 162 Å². The lowest BCUT2D eigenvalue weighted by molar-refractivity contribution is -0.142. The smallest absolute Gasteiger partial charge is 0.310 e. The fraction of sp³-hybridized carbons (Fsp3) is 0.500. The minimum absolute atomic E-state index is 0.00535. The van der Waals surface area contributed by atoms with Crippen molar-refractivity contribution in [3.8, 4) is 28.7 Å². The minimum Gasteiger partial charge on any atom is -0.539 e. The number of cyclic esters (lactones) is 1. The molecular formula is C34H42N2O11Si. The number of nitrogens with one attached hydrogen (secondary N) is 1. The van der Waals surface area contributed by atoms with Crippen LogP contribution in [0.15, 0.2) is 36.0 Å². The van der Waals surface area contributed by atoms with E-state index < -0.39 is 62.6 Å². The molecule has 3 aliphatic heterocycles. The molecule has 0 radical (unpaired) electrons. The van der Waals surface area contributed by atoms with Gasteiger partial charge in [0.05, 0.1) is 52.0 Å². The highest BCUT2D eigenvalue weighted by Crippen LogP contribution is 2.56. The molecule has 0 bridgehead atoms. The van der Waals surface area contributed by atoms with Crippen molar-refractivity contribution in [3.63, 3.8) is 0 Å². The molecule has 4 aliphatic rings. The highest BCUT2D eigenvalue weighted by Gasteiger charge is 2.53. The van der Waals surface area contributed by atoms with Crippen LogP contribution >= 0.6 is 0 Å². The third-order valence-corrected chi connectivity index (χ3v) is 14.4. The Morgan fingerprint density at radius 3 is 2.21 bits per heavy atom. The molecule has 0 saturated carbocycles. The second kappa shape index (κ2) is 12.3. The molecule has 0 aromatic heterocycles. The van der Waals surface area contributed by atoms with E-state index in [0.717, 1.165) is 27.7 Å². The molecule has 13 nitrogen and oxygen atoms in total. The van der Waals surface area contributed by atoms with Crippen LogP contribution in [0.1, 0.15) is 49.4 Å². The average Bonchev–Trinajstić information content (AvgIpc) is 3.73. The number of aliphatic hydroxyl groups is 2. The number of carbonyl (C=O) groups excluding carboxylic acids is 3. The van der Waals surface area contributed by atoms with Gasteiger partial charge in [0.2, 0.25) is 6.79 Å². The van der Waals surface area contributed by atoms with Gasteiger partial charge in [-0.05, 0) is 59.1 Å². The zero-order valence-electron chi connectivity index (χ0n) is 28.1. The van der Waals surface area contributed by atoms with Crippen molar-refractivity contribution in [2.45, 2.75) is 57.0 Å². The summed E-state index contributed by atoms with van der Waals surface area (Å²) in [4.78, 5) is 40.6. The largest absolute Gasteiger partial charge is 0.539 e. The van der Waals surface area contributed by atoms with E-state index in [-0.39, 0.29) is 30.7 Å². The number of amides is 2. The first kappa shape index (κ1) is 33.6. The third kappa shape index (κ3) is 5.65. The van der Waals surface area contributed by atoms with Gasteiger partial charge in [-0.2, -0.15) is 0 Å². The number of benzene rings is 2. The molecule has 258 valence electrons. The Morgan fingerprint density at radius 1 is 1.00 bits per heavy atom. The Hall–Kier alpha value is -4.27. The van der Waals surface area contributed by atoms with E-state index in [1.54, 1.807) is 14.2 Å². The van der Waals surface area contributed by atoms with Crippen molar-refractivity contribution < 1.29 is 52.7 Å². The van der Waals surface area contributed by atoms with Crippen LogP contribution in [-0.4, -0.2) is 88.1 Å². The van der Waals surface area contributed by atoms with Gasteiger partial charge in [-0.3, -0.25) is 19.3 Å². The van der Waals surface area contributed by atoms with Gasteiger partial charge in [0.1, 0.15) is 5.70 Å². The number of ether oxygens (including phenoxy) is 5. The molecule has 2 amide bonds. The number of hydrogen-bond acceptors (Lipinski definition) is 12. The van der Waals surface area contributed by atoms with Crippen molar-refractivity contribution in [3.05, 3.63) is 52.7 Å². The Balaban J connectivity index is 1.46. The van der Waals surface area contributed by atoms with Gasteiger partial charge in [0.15, 0.2) is 28.7 Å². The molecule has 6 rings (SSSR count). The number of carbonyl (C=O) groups is 3. The average molecular weight is 683 g/mol. The lowest BCUT2D eigenvalue weighted by Gasteiger charge is -2.40. The number of rotatable bonds is 10. The number of hydrogen-bond donors (Lipinski definition) is 3. The summed E-state index contributed by atoms with van der Waals surface area (Å²) in [6.07, 6.45) is -0.117. The van der Waals surface area contributed by atoms with Crippen molar-refractivity contribution in [2.24, 2.45) is 11.8 Å². The summed E-state index contributed by atoms with van der Waals surface area (Å²) >= 11 is 0. The summed E-state index contributed by atoms with van der Waals surface area (Å²) in [5, 5.41) is 22.3. The Kier molecular flexibility index (Phi) is 8.63. The summed E-state index contributed by atoms with van der Waals surface area (Å²) in [5.41, 5.74) is 2.21. The molecule has 2 aromatic rings. The molecule has 1 aliphatic carbocycles. The van der Waals surface area contributed by atoms with Gasteiger partial charge in [0.25, 0.3) is 20.1 Å². The molecule has 1 unspecified atom stereocenters. The van der Waals surface area contributed by atoms with Crippen molar-refractivity contribution in [1.82, 2.24) is 10.2 Å². The fourth-order valence-electron chi connectivity index (χ4n) is 6.56. The third-order valence-electron chi connectivity index (χ3n) is 10.1. The minimum atomic E-state index is -2.31. The van der Waals surface area contributed by atoms with Gasteiger partial charge >= 0.3 is 5.97 Å². The number of fused-ring (bicyclic) bond motifs is 3. The predicted octanol–water partition coefficient (Wildman–Crippen LogP) is 2.99. The summed E-state index contributed by atoms with van der Waals surface area (Å²) in [6.45, 7) is 9.84. The van der Waals surface area contributed by atoms with Crippen LogP contribution in [0.25, 0.3) is 0 Å². The lowest BCUT2D eigenvalue weighted by atomic mass is 9.65. The molecule has 14 heteroatoms. The Morgan fingerprint density at radius 2 is 1.62 bits per heavy atom. The predicted molar refractivity (Wildman–Crippen MR) is 173 cm³/mol. The SMILES string of the molecule is COc1cc([C@@H]2c3cc4c(cc3[C@@H](NC3=CC(=O)N(CC(O)CO)C3=O)[C@H]3COC(=O)[C@H]23)OCO4)cc(OC)c1O[Si](C)(C)C(C)(C)C. The second-order valence-corrected chi connectivity index (χ2v) is 18.7. The van der Waals surface area contributed by atoms with Crippen LogP contribution in [-0.2, 0) is 19.1 Å². The van der Waals surface area contributed by atoms with Crippen LogP contribution in [0.2, 0.25) is 18.1 Å². The summed E-state index contributed by atoms with van der Waals surface area (Å²) in [7, 11) is 0.812. The molecule has 3 N–H and O–H groups in total. The summed E-state index contributed by atoms with van der Waals surface area (Å²) in [5.74, 6) is -0.938. The number of aliphatic hydroxyl groups excluding tert-OH is 2. The van der Waals surface area contributed by atoms with Crippen LogP contribution < -0.4 is 28.7 Å². The number of β-amino-alcohol motifs (C(OH)–C–C–N with tert-alkyl or cyclic N) is 1. The van der Waals surface area contributed by atoms with E-state index in [9.17, 15) is 24.6 Å². The first-order valence-electron chi connectivity index (χ1n) is 15.9. The van der Waals surface area contributed by atoms with Crippen molar-refractivity contribution >= 4 is 26.1 Å². The van der Waals surface area contributed by atoms with E-state index in [1.807, 2.05) is 24.3 Å². The van der Waals surface area contributed by atoms with Crippen LogP contribution in [0.3, 0.4) is 0 Å². The molecule has 2 aromatic carbocycles. The van der Waals surface area contributed by atoms with Gasteiger partial charge in [-0.25, -0.2) is 0 Å². The fourth-order valence-corrected chi connectivity index (χ4v) is 7.57. The van der Waals surface area contributed by atoms with E-state index in [0.29, 0.717) is 28.7 Å². The van der Waals surface area contributed by atoms with Crippen LogP contribution in [0.5, 0.6) is 28.7 Å². The zero-order chi connectivity index (χ0) is 34.7. The van der Waals surface area contributed by atoms with Crippen molar-refractivity contribution in [1.29, 1.82) is 0 Å². The molecular weight excluding hydrogens is 640 g/mol. The van der Waals surface area contributed by atoms with E-state index in [1.165, 1.54) is 0 Å². The van der Waals surface area contributed by atoms with E-state index >= 15 is 0 Å².